The molecule has 1 rings (SSSR count). The number of carbonyl (C=O) groups is 2. The molecule has 2 atom stereocenters. The molecule has 1 amide bonds. The molecule has 74 valence electrons. The van der Waals surface area contributed by atoms with Crippen LogP contribution in [0, 0.1) is 0 Å². The average molecular weight is 201 g/mol. The van der Waals surface area contributed by atoms with Crippen LogP contribution < -0.4 is 5.32 Å². The van der Waals surface area contributed by atoms with E-state index in [4.69, 9.17) is 4.74 Å². The van der Waals surface area contributed by atoms with E-state index in [1.54, 1.807) is 0 Å². The summed E-state index contributed by atoms with van der Waals surface area (Å²) in [6.45, 7) is 7.62. The van der Waals surface area contributed by atoms with Gasteiger partial charge >= 0.3 is 5.97 Å². The molecule has 0 radical (unpaired) electrons. The monoisotopic (exact) mass is 201 g/mol. The minimum atomic E-state index is -1.56. The summed E-state index contributed by atoms with van der Waals surface area (Å²) in [6.07, 6.45) is -0.378. The Morgan fingerprint density at radius 1 is 1.46 bits per heavy atom. The van der Waals surface area contributed by atoms with Gasteiger partial charge in [-0.25, -0.2) is 0 Å². The molecule has 13 heavy (non-hydrogen) atoms. The SMILES string of the molecule is CC(=O)OC1NC(=O)[C@@H]1[Si](C)(C)C. The third-order valence-electron chi connectivity index (χ3n) is 2.10. The molecule has 1 unspecified atom stereocenters. The molecule has 1 saturated heterocycles. The minimum absolute atomic E-state index is 0.0189. The maximum absolute atomic E-state index is 11.2. The Morgan fingerprint density at radius 3 is 2.31 bits per heavy atom. The molecule has 1 aliphatic rings. The summed E-state index contributed by atoms with van der Waals surface area (Å²) in [5.74, 6) is -0.321. The Balaban J connectivity index is 2.62. The first-order valence-electron chi connectivity index (χ1n) is 4.30. The molecule has 0 aliphatic carbocycles. The number of amides is 1. The average Bonchev–Trinajstić information content (AvgIpc) is 1.79. The lowest BCUT2D eigenvalue weighted by Crippen LogP contribution is -2.63. The number of ether oxygens (including phenoxy) is 1. The van der Waals surface area contributed by atoms with Crippen molar-refractivity contribution in [1.82, 2.24) is 5.32 Å². The minimum Gasteiger partial charge on any atom is -0.441 e. The standard InChI is InChI=1S/C8H15NO3Si/c1-5(10)12-8-6(7(11)9-8)13(2,3)4/h6,8H,1-4H3,(H,9,11)/t6-,8?/m0/s1. The zero-order valence-corrected chi connectivity index (χ0v) is 9.38. The first-order valence-corrected chi connectivity index (χ1v) is 7.87. The van der Waals surface area contributed by atoms with Crippen LogP contribution in [-0.4, -0.2) is 26.2 Å². The summed E-state index contributed by atoms with van der Waals surface area (Å²) >= 11 is 0. The van der Waals surface area contributed by atoms with Crippen molar-refractivity contribution in [1.29, 1.82) is 0 Å². The second kappa shape index (κ2) is 3.14. The Kier molecular flexibility index (Phi) is 2.47. The van der Waals surface area contributed by atoms with E-state index in [2.05, 4.69) is 25.0 Å². The highest BCUT2D eigenvalue weighted by atomic mass is 28.3. The van der Waals surface area contributed by atoms with Gasteiger partial charge in [0.15, 0.2) is 6.23 Å². The van der Waals surface area contributed by atoms with Gasteiger partial charge in [-0.2, -0.15) is 0 Å². The van der Waals surface area contributed by atoms with Crippen molar-refractivity contribution in [2.45, 2.75) is 38.3 Å². The number of nitrogens with one attached hydrogen (secondary N) is 1. The molecule has 0 saturated carbocycles. The van der Waals surface area contributed by atoms with Crippen LogP contribution in [0.5, 0.6) is 0 Å². The molecule has 1 N–H and O–H groups in total. The summed E-state index contributed by atoms with van der Waals surface area (Å²) in [5.41, 5.74) is -0.0867. The van der Waals surface area contributed by atoms with Gasteiger partial charge in [-0.3, -0.25) is 9.59 Å². The molecule has 5 heteroatoms. The number of hydrogen-bond donors (Lipinski definition) is 1. The van der Waals surface area contributed by atoms with Crippen LogP contribution in [0.1, 0.15) is 6.92 Å². The van der Waals surface area contributed by atoms with E-state index >= 15 is 0 Å². The smallest absolute Gasteiger partial charge is 0.304 e. The predicted molar refractivity (Wildman–Crippen MR) is 50.8 cm³/mol. The third kappa shape index (κ3) is 2.09. The Morgan fingerprint density at radius 2 is 2.00 bits per heavy atom. The third-order valence-corrected chi connectivity index (χ3v) is 4.53. The first-order chi connectivity index (χ1) is 5.82. The van der Waals surface area contributed by atoms with Gasteiger partial charge in [0.25, 0.3) is 0 Å². The summed E-state index contributed by atoms with van der Waals surface area (Å²) < 4.78 is 4.96. The maximum Gasteiger partial charge on any atom is 0.304 e. The van der Waals surface area contributed by atoms with Gasteiger partial charge in [0.1, 0.15) is 0 Å². The van der Waals surface area contributed by atoms with E-state index in [1.807, 2.05) is 0 Å². The van der Waals surface area contributed by atoms with E-state index in [1.165, 1.54) is 6.92 Å². The summed E-state index contributed by atoms with van der Waals surface area (Å²) in [4.78, 5) is 21.9. The molecule has 4 nitrogen and oxygen atoms in total. The van der Waals surface area contributed by atoms with Gasteiger partial charge in [0.2, 0.25) is 5.91 Å². The Bertz CT molecular complexity index is 246. The van der Waals surface area contributed by atoms with Crippen LogP contribution in [0.2, 0.25) is 25.2 Å². The topological polar surface area (TPSA) is 55.4 Å². The fourth-order valence-corrected chi connectivity index (χ4v) is 3.41. The summed E-state index contributed by atoms with van der Waals surface area (Å²) in [7, 11) is -1.56. The van der Waals surface area contributed by atoms with Gasteiger partial charge in [-0.15, -0.1) is 0 Å². The van der Waals surface area contributed by atoms with Crippen LogP contribution in [0.3, 0.4) is 0 Å². The number of rotatable bonds is 2. The highest BCUT2D eigenvalue weighted by Crippen LogP contribution is 2.33. The van der Waals surface area contributed by atoms with Crippen LogP contribution in [0.25, 0.3) is 0 Å². The molecule has 0 aromatic carbocycles. The number of hydrogen-bond acceptors (Lipinski definition) is 3. The molecule has 0 aromatic heterocycles. The second-order valence-electron chi connectivity index (χ2n) is 4.38. The zero-order valence-electron chi connectivity index (χ0n) is 8.38. The van der Waals surface area contributed by atoms with E-state index in [9.17, 15) is 9.59 Å². The van der Waals surface area contributed by atoms with Crippen molar-refractivity contribution >= 4 is 20.0 Å². The number of β-lactam (4-membered cyclic amide) rings is 1. The Labute approximate surface area is 78.7 Å². The van der Waals surface area contributed by atoms with Crippen molar-refractivity contribution in [2.24, 2.45) is 0 Å². The van der Waals surface area contributed by atoms with Gasteiger partial charge in [0, 0.05) is 6.92 Å². The molecular formula is C8H15NO3Si. The molecule has 0 aromatic rings. The quantitative estimate of drug-likeness (QED) is 0.407. The summed E-state index contributed by atoms with van der Waals surface area (Å²) in [5, 5.41) is 2.58. The predicted octanol–water partition coefficient (Wildman–Crippen LogP) is 0.714. The van der Waals surface area contributed by atoms with Crippen molar-refractivity contribution in [2.75, 3.05) is 0 Å². The van der Waals surface area contributed by atoms with Crippen molar-refractivity contribution in [3.05, 3.63) is 0 Å². The molecule has 1 aliphatic heterocycles. The maximum atomic E-state index is 11.2. The lowest BCUT2D eigenvalue weighted by atomic mass is 10.2. The fraction of sp³-hybridized carbons (Fsp3) is 0.750. The molecule has 1 fully saturated rings. The van der Waals surface area contributed by atoms with E-state index in [0.717, 1.165) is 0 Å². The molecule has 0 bridgehead atoms. The fourth-order valence-electron chi connectivity index (χ4n) is 1.48. The molecular weight excluding hydrogens is 186 g/mol. The highest BCUT2D eigenvalue weighted by Gasteiger charge is 2.49. The Hall–Kier alpha value is -0.843. The van der Waals surface area contributed by atoms with E-state index in [0.29, 0.717) is 0 Å². The van der Waals surface area contributed by atoms with Crippen molar-refractivity contribution in [3.8, 4) is 0 Å². The second-order valence-corrected chi connectivity index (χ2v) is 9.74. The van der Waals surface area contributed by atoms with Crippen molar-refractivity contribution < 1.29 is 14.3 Å². The largest absolute Gasteiger partial charge is 0.441 e. The molecule has 1 heterocycles. The lowest BCUT2D eigenvalue weighted by molar-refractivity contribution is -0.158. The lowest BCUT2D eigenvalue weighted by Gasteiger charge is -2.42. The van der Waals surface area contributed by atoms with Gasteiger partial charge in [0.05, 0.1) is 13.6 Å². The molecule has 0 spiro atoms. The highest BCUT2D eigenvalue weighted by molar-refractivity contribution is 6.81. The van der Waals surface area contributed by atoms with Crippen LogP contribution in [0.15, 0.2) is 0 Å². The van der Waals surface area contributed by atoms with Crippen molar-refractivity contribution in [3.63, 3.8) is 0 Å². The van der Waals surface area contributed by atoms with E-state index in [-0.39, 0.29) is 23.6 Å². The van der Waals surface area contributed by atoms with Gasteiger partial charge in [-0.1, -0.05) is 19.6 Å². The zero-order chi connectivity index (χ0) is 10.2. The normalized spacial score (nSPS) is 27.5. The first kappa shape index (κ1) is 10.2. The van der Waals surface area contributed by atoms with Gasteiger partial charge < -0.3 is 10.1 Å². The van der Waals surface area contributed by atoms with Crippen LogP contribution in [0.4, 0.5) is 0 Å². The van der Waals surface area contributed by atoms with Crippen LogP contribution in [-0.2, 0) is 14.3 Å². The number of carbonyl (C=O) groups excluding carboxylic acids is 2. The number of esters is 1. The van der Waals surface area contributed by atoms with Gasteiger partial charge in [-0.05, 0) is 0 Å². The van der Waals surface area contributed by atoms with Crippen LogP contribution >= 0.6 is 0 Å². The van der Waals surface area contributed by atoms with E-state index < -0.39 is 8.07 Å². The summed E-state index contributed by atoms with van der Waals surface area (Å²) in [6, 6.07) is 0.